The van der Waals surface area contributed by atoms with E-state index in [1.165, 1.54) is 24.1 Å². The third kappa shape index (κ3) is 3.69. The highest BCUT2D eigenvalue weighted by atomic mass is 35.5. The number of nitrogens with one attached hydrogen (secondary N) is 1. The van der Waals surface area contributed by atoms with Gasteiger partial charge in [-0.1, -0.05) is 17.7 Å². The molecule has 0 amide bonds. The molecule has 2 heterocycles. The number of fused-ring (bicyclic) bond motifs is 2. The Morgan fingerprint density at radius 1 is 1.33 bits per heavy atom. The molecule has 1 N–H and O–H groups in total. The van der Waals surface area contributed by atoms with E-state index in [2.05, 4.69) is 22.3 Å². The smallest absolute Gasteiger partial charge is 0.0755 e. The highest BCUT2D eigenvalue weighted by molar-refractivity contribution is 6.30. The molecule has 4 nitrogen and oxygen atoms in total. The fourth-order valence-electron chi connectivity index (χ4n) is 3.19. The van der Waals surface area contributed by atoms with Gasteiger partial charge in [0.15, 0.2) is 0 Å². The Morgan fingerprint density at radius 2 is 2.10 bits per heavy atom. The number of halogens is 1. The van der Waals surface area contributed by atoms with Crippen LogP contribution in [0.4, 0.5) is 5.69 Å². The Morgan fingerprint density at radius 3 is 2.81 bits per heavy atom. The zero-order chi connectivity index (χ0) is 14.7. The van der Waals surface area contributed by atoms with Gasteiger partial charge in [-0.05, 0) is 30.5 Å². The SMILES string of the molecule is COCCNCc1ccc(Cl)cc1N1CC2CCC(C1)O2. The van der Waals surface area contributed by atoms with E-state index in [0.29, 0.717) is 12.2 Å². The second-order valence-electron chi connectivity index (χ2n) is 5.81. The summed E-state index contributed by atoms with van der Waals surface area (Å²) in [6.45, 7) is 4.37. The number of morpholine rings is 1. The predicted octanol–water partition coefficient (Wildman–Crippen LogP) is 2.44. The van der Waals surface area contributed by atoms with Gasteiger partial charge in [0.25, 0.3) is 0 Å². The van der Waals surface area contributed by atoms with Crippen LogP contribution in [0.5, 0.6) is 0 Å². The first-order chi connectivity index (χ1) is 10.3. The summed E-state index contributed by atoms with van der Waals surface area (Å²) >= 11 is 6.21. The van der Waals surface area contributed by atoms with E-state index < -0.39 is 0 Å². The normalized spacial score (nSPS) is 24.6. The molecule has 2 bridgehead atoms. The van der Waals surface area contributed by atoms with Gasteiger partial charge in [0.2, 0.25) is 0 Å². The monoisotopic (exact) mass is 310 g/mol. The van der Waals surface area contributed by atoms with Crippen LogP contribution < -0.4 is 10.2 Å². The van der Waals surface area contributed by atoms with Crippen molar-refractivity contribution < 1.29 is 9.47 Å². The predicted molar refractivity (Wildman–Crippen MR) is 85.1 cm³/mol. The summed E-state index contributed by atoms with van der Waals surface area (Å²) in [7, 11) is 1.72. The zero-order valence-corrected chi connectivity index (χ0v) is 13.2. The molecule has 2 fully saturated rings. The second-order valence-corrected chi connectivity index (χ2v) is 6.24. The first-order valence-electron chi connectivity index (χ1n) is 7.65. The Bertz CT molecular complexity index is 471. The summed E-state index contributed by atoms with van der Waals surface area (Å²) in [4.78, 5) is 2.44. The minimum absolute atomic E-state index is 0.386. The summed E-state index contributed by atoms with van der Waals surface area (Å²) in [5.74, 6) is 0. The van der Waals surface area contributed by atoms with Gasteiger partial charge in [0.1, 0.15) is 0 Å². The molecule has 0 saturated carbocycles. The van der Waals surface area contributed by atoms with E-state index in [4.69, 9.17) is 21.1 Å². The standard InChI is InChI=1S/C16H23ClN2O2/c1-20-7-6-18-9-12-2-3-13(17)8-16(12)19-10-14-4-5-15(11-19)21-14/h2-3,8,14-15,18H,4-7,9-11H2,1H3. The number of benzene rings is 1. The summed E-state index contributed by atoms with van der Waals surface area (Å²) in [5, 5.41) is 4.21. The number of nitrogens with zero attached hydrogens (tertiary/aromatic N) is 1. The maximum atomic E-state index is 6.21. The molecule has 2 atom stereocenters. The van der Waals surface area contributed by atoms with E-state index >= 15 is 0 Å². The first-order valence-corrected chi connectivity index (χ1v) is 8.02. The van der Waals surface area contributed by atoms with E-state index in [-0.39, 0.29) is 0 Å². The molecule has 2 aliphatic heterocycles. The molecule has 21 heavy (non-hydrogen) atoms. The largest absolute Gasteiger partial charge is 0.383 e. The molecule has 0 radical (unpaired) electrons. The summed E-state index contributed by atoms with van der Waals surface area (Å²) in [5.41, 5.74) is 2.53. The Labute approximate surface area is 131 Å². The van der Waals surface area contributed by atoms with Crippen LogP contribution in [-0.2, 0) is 16.0 Å². The summed E-state index contributed by atoms with van der Waals surface area (Å²) in [6, 6.07) is 6.17. The topological polar surface area (TPSA) is 33.7 Å². The highest BCUT2D eigenvalue weighted by Crippen LogP contribution is 2.32. The van der Waals surface area contributed by atoms with Crippen molar-refractivity contribution in [3.05, 3.63) is 28.8 Å². The fourth-order valence-corrected chi connectivity index (χ4v) is 3.36. The van der Waals surface area contributed by atoms with Crippen LogP contribution in [0.25, 0.3) is 0 Å². The number of anilines is 1. The second kappa shape index (κ2) is 6.97. The maximum absolute atomic E-state index is 6.21. The van der Waals surface area contributed by atoms with Gasteiger partial charge < -0.3 is 19.7 Å². The average molecular weight is 311 g/mol. The van der Waals surface area contributed by atoms with E-state index in [1.54, 1.807) is 7.11 Å². The molecule has 5 heteroatoms. The third-order valence-electron chi connectivity index (χ3n) is 4.23. The van der Waals surface area contributed by atoms with Crippen molar-refractivity contribution in [3.8, 4) is 0 Å². The summed E-state index contributed by atoms with van der Waals surface area (Å²) < 4.78 is 11.0. The average Bonchev–Trinajstić information content (AvgIpc) is 2.83. The minimum atomic E-state index is 0.386. The van der Waals surface area contributed by atoms with Crippen LogP contribution in [-0.4, -0.2) is 45.6 Å². The molecule has 0 aromatic heterocycles. The van der Waals surface area contributed by atoms with Crippen molar-refractivity contribution in [1.29, 1.82) is 0 Å². The molecule has 2 saturated heterocycles. The third-order valence-corrected chi connectivity index (χ3v) is 4.47. The quantitative estimate of drug-likeness (QED) is 0.818. The van der Waals surface area contributed by atoms with Crippen LogP contribution in [0.2, 0.25) is 5.02 Å². The first kappa shape index (κ1) is 15.1. The molecule has 1 aromatic carbocycles. The van der Waals surface area contributed by atoms with Crippen molar-refractivity contribution in [2.45, 2.75) is 31.6 Å². The van der Waals surface area contributed by atoms with Gasteiger partial charge >= 0.3 is 0 Å². The molecule has 116 valence electrons. The molecule has 0 spiro atoms. The van der Waals surface area contributed by atoms with Gasteiger partial charge in [-0.15, -0.1) is 0 Å². The van der Waals surface area contributed by atoms with Crippen LogP contribution in [0.1, 0.15) is 18.4 Å². The lowest BCUT2D eigenvalue weighted by Gasteiger charge is -2.35. The lowest BCUT2D eigenvalue weighted by atomic mass is 10.1. The van der Waals surface area contributed by atoms with Crippen molar-refractivity contribution >= 4 is 17.3 Å². The lowest BCUT2D eigenvalue weighted by molar-refractivity contribution is 0.0304. The lowest BCUT2D eigenvalue weighted by Crippen LogP contribution is -2.43. The van der Waals surface area contributed by atoms with Gasteiger partial charge in [-0.3, -0.25) is 0 Å². The van der Waals surface area contributed by atoms with Gasteiger partial charge in [-0.25, -0.2) is 0 Å². The minimum Gasteiger partial charge on any atom is -0.383 e. The van der Waals surface area contributed by atoms with Gasteiger partial charge in [0, 0.05) is 44.0 Å². The van der Waals surface area contributed by atoms with E-state index in [0.717, 1.165) is 37.8 Å². The van der Waals surface area contributed by atoms with E-state index in [1.807, 2.05) is 6.07 Å². The molecule has 3 rings (SSSR count). The fraction of sp³-hybridized carbons (Fsp3) is 0.625. The van der Waals surface area contributed by atoms with E-state index in [9.17, 15) is 0 Å². The van der Waals surface area contributed by atoms with Crippen molar-refractivity contribution in [3.63, 3.8) is 0 Å². The number of methoxy groups -OCH3 is 1. The zero-order valence-electron chi connectivity index (χ0n) is 12.5. The molecule has 2 aliphatic rings. The summed E-state index contributed by atoms with van der Waals surface area (Å²) in [6.07, 6.45) is 3.14. The molecular formula is C16H23ClN2O2. The van der Waals surface area contributed by atoms with Crippen LogP contribution in [0.3, 0.4) is 0 Å². The number of rotatable bonds is 6. The molecule has 1 aromatic rings. The van der Waals surface area contributed by atoms with Crippen molar-refractivity contribution in [2.75, 3.05) is 38.3 Å². The molecule has 2 unspecified atom stereocenters. The van der Waals surface area contributed by atoms with Crippen LogP contribution in [0, 0.1) is 0 Å². The molecule has 0 aliphatic carbocycles. The number of hydrogen-bond acceptors (Lipinski definition) is 4. The van der Waals surface area contributed by atoms with Gasteiger partial charge in [-0.2, -0.15) is 0 Å². The number of hydrogen-bond donors (Lipinski definition) is 1. The molecular weight excluding hydrogens is 288 g/mol. The van der Waals surface area contributed by atoms with Crippen molar-refractivity contribution in [2.24, 2.45) is 0 Å². The Hall–Kier alpha value is -0.810. The Balaban J connectivity index is 1.71. The van der Waals surface area contributed by atoms with Crippen molar-refractivity contribution in [1.82, 2.24) is 5.32 Å². The Kier molecular flexibility index (Phi) is 5.01. The van der Waals surface area contributed by atoms with Gasteiger partial charge in [0.05, 0.1) is 18.8 Å². The maximum Gasteiger partial charge on any atom is 0.0755 e. The number of ether oxygens (including phenoxy) is 2. The van der Waals surface area contributed by atoms with Crippen LogP contribution in [0.15, 0.2) is 18.2 Å². The highest BCUT2D eigenvalue weighted by Gasteiger charge is 2.34. The van der Waals surface area contributed by atoms with Crippen LogP contribution >= 0.6 is 11.6 Å².